The van der Waals surface area contributed by atoms with Crippen LogP contribution in [0.25, 0.3) is 0 Å². The fraction of sp³-hybridized carbons (Fsp3) is 0.176. The van der Waals surface area contributed by atoms with Crippen molar-refractivity contribution < 1.29 is 29.1 Å². The van der Waals surface area contributed by atoms with Crippen LogP contribution in [-0.4, -0.2) is 35.1 Å². The summed E-state index contributed by atoms with van der Waals surface area (Å²) in [6.07, 6.45) is 0. The summed E-state index contributed by atoms with van der Waals surface area (Å²) < 4.78 is 10.4. The molecule has 0 bridgehead atoms. The molecule has 0 aliphatic rings. The smallest absolute Gasteiger partial charge is 0.335 e. The van der Waals surface area contributed by atoms with Crippen LogP contribution in [0.4, 0.5) is 11.4 Å². The minimum Gasteiger partial charge on any atom is -0.494 e. The quantitative estimate of drug-likeness (QED) is 0.547. The second-order valence-electron chi connectivity index (χ2n) is 5.04. The average Bonchev–Trinajstić information content (AvgIpc) is 2.61. The molecule has 1 amide bonds. The molecule has 2 aromatic carbocycles. The Kier molecular flexibility index (Phi) is 6.10. The summed E-state index contributed by atoms with van der Waals surface area (Å²) in [7, 11) is 0. The molecule has 2 aromatic rings. The summed E-state index contributed by atoms with van der Waals surface area (Å²) in [6.45, 7) is 1.91. The maximum absolute atomic E-state index is 11.9. The number of nitro benzene ring substituents is 1. The minimum absolute atomic E-state index is 0.193. The van der Waals surface area contributed by atoms with Crippen molar-refractivity contribution in [3.8, 4) is 11.5 Å². The molecule has 0 saturated heterocycles. The van der Waals surface area contributed by atoms with Crippen LogP contribution in [0.1, 0.15) is 17.3 Å². The van der Waals surface area contributed by atoms with Gasteiger partial charge in [0.15, 0.2) is 12.4 Å². The molecular formula is C17H16N2O7. The third-order valence-electron chi connectivity index (χ3n) is 3.21. The zero-order valence-corrected chi connectivity index (χ0v) is 13.8. The van der Waals surface area contributed by atoms with Gasteiger partial charge in [-0.15, -0.1) is 0 Å². The predicted octanol–water partition coefficient (Wildman–Crippen LogP) is 2.71. The third-order valence-corrected chi connectivity index (χ3v) is 3.21. The number of hydrogen-bond acceptors (Lipinski definition) is 6. The van der Waals surface area contributed by atoms with Crippen LogP contribution in [0, 0.1) is 10.1 Å². The molecule has 0 aliphatic carbocycles. The molecular weight excluding hydrogens is 344 g/mol. The lowest BCUT2D eigenvalue weighted by molar-refractivity contribution is -0.385. The van der Waals surface area contributed by atoms with Crippen molar-refractivity contribution in [2.75, 3.05) is 18.5 Å². The molecule has 0 atom stereocenters. The van der Waals surface area contributed by atoms with Gasteiger partial charge in [-0.3, -0.25) is 14.9 Å². The van der Waals surface area contributed by atoms with E-state index in [1.807, 2.05) is 6.92 Å². The van der Waals surface area contributed by atoms with Crippen molar-refractivity contribution in [2.24, 2.45) is 0 Å². The topological polar surface area (TPSA) is 128 Å². The van der Waals surface area contributed by atoms with Gasteiger partial charge in [-0.05, 0) is 43.3 Å². The number of rotatable bonds is 8. The first-order chi connectivity index (χ1) is 12.4. The van der Waals surface area contributed by atoms with Crippen molar-refractivity contribution in [2.45, 2.75) is 6.92 Å². The molecule has 9 heteroatoms. The second-order valence-corrected chi connectivity index (χ2v) is 5.04. The first-order valence-electron chi connectivity index (χ1n) is 7.58. The minimum atomic E-state index is -1.30. The molecule has 0 radical (unpaired) electrons. The van der Waals surface area contributed by atoms with Crippen LogP contribution < -0.4 is 14.8 Å². The number of hydrogen-bond donors (Lipinski definition) is 2. The Morgan fingerprint density at radius 1 is 1.15 bits per heavy atom. The Balaban J connectivity index is 2.00. The van der Waals surface area contributed by atoms with Gasteiger partial charge in [0, 0.05) is 11.8 Å². The summed E-state index contributed by atoms with van der Waals surface area (Å²) >= 11 is 0. The van der Waals surface area contributed by atoms with E-state index >= 15 is 0 Å². The van der Waals surface area contributed by atoms with E-state index in [1.165, 1.54) is 0 Å². The largest absolute Gasteiger partial charge is 0.494 e. The molecule has 0 aromatic heterocycles. The number of nitrogens with zero attached hydrogens (tertiary/aromatic N) is 1. The van der Waals surface area contributed by atoms with Crippen LogP contribution in [0.5, 0.6) is 11.5 Å². The van der Waals surface area contributed by atoms with E-state index in [4.69, 9.17) is 14.6 Å². The molecule has 0 spiro atoms. The number of ether oxygens (including phenoxy) is 2. The summed E-state index contributed by atoms with van der Waals surface area (Å²) in [4.78, 5) is 33.1. The highest BCUT2D eigenvalue weighted by Gasteiger charge is 2.19. The van der Waals surface area contributed by atoms with Crippen molar-refractivity contribution >= 4 is 23.3 Å². The van der Waals surface area contributed by atoms with Crippen molar-refractivity contribution in [1.82, 2.24) is 0 Å². The number of nitrogens with one attached hydrogen (secondary N) is 1. The normalized spacial score (nSPS) is 10.0. The molecule has 0 aliphatic heterocycles. The molecule has 2 N–H and O–H groups in total. The highest BCUT2D eigenvalue weighted by atomic mass is 16.6. The maximum Gasteiger partial charge on any atom is 0.335 e. The van der Waals surface area contributed by atoms with E-state index in [1.54, 1.807) is 24.3 Å². The van der Waals surface area contributed by atoms with E-state index < -0.39 is 29.1 Å². The Morgan fingerprint density at radius 3 is 2.42 bits per heavy atom. The number of anilines is 1. The Hall–Kier alpha value is -3.62. The van der Waals surface area contributed by atoms with Gasteiger partial charge in [-0.25, -0.2) is 4.79 Å². The van der Waals surface area contributed by atoms with E-state index in [0.717, 1.165) is 18.2 Å². The van der Waals surface area contributed by atoms with E-state index in [2.05, 4.69) is 5.32 Å². The summed E-state index contributed by atoms with van der Waals surface area (Å²) in [5.74, 6) is -1.35. The molecule has 0 fully saturated rings. The predicted molar refractivity (Wildman–Crippen MR) is 91.8 cm³/mol. The fourth-order valence-electron chi connectivity index (χ4n) is 2.06. The van der Waals surface area contributed by atoms with Crippen LogP contribution in [0.3, 0.4) is 0 Å². The standard InChI is InChI=1S/C17H16N2O7/c1-2-25-13-6-4-12(5-7-13)18-16(20)10-26-15-8-3-11(17(21)22)9-14(15)19(23)24/h3-9H,2,10H2,1H3,(H,18,20)(H,21,22). The van der Waals surface area contributed by atoms with E-state index in [0.29, 0.717) is 18.0 Å². The van der Waals surface area contributed by atoms with Gasteiger partial charge in [-0.2, -0.15) is 0 Å². The first-order valence-corrected chi connectivity index (χ1v) is 7.58. The maximum atomic E-state index is 11.9. The lowest BCUT2D eigenvalue weighted by Gasteiger charge is -2.09. The zero-order valence-electron chi connectivity index (χ0n) is 13.8. The number of benzene rings is 2. The highest BCUT2D eigenvalue weighted by Crippen LogP contribution is 2.28. The molecule has 0 heterocycles. The number of aromatic carboxylic acids is 1. The van der Waals surface area contributed by atoms with Gasteiger partial charge in [0.05, 0.1) is 17.1 Å². The molecule has 0 saturated carbocycles. The lowest BCUT2D eigenvalue weighted by Crippen LogP contribution is -2.20. The number of carboxylic acids is 1. The van der Waals surface area contributed by atoms with Crippen LogP contribution >= 0.6 is 0 Å². The highest BCUT2D eigenvalue weighted by molar-refractivity contribution is 5.92. The first kappa shape index (κ1) is 18.7. The summed E-state index contributed by atoms with van der Waals surface area (Å²) in [6, 6.07) is 9.85. The Bertz CT molecular complexity index is 818. The summed E-state index contributed by atoms with van der Waals surface area (Å²) in [5.41, 5.74) is -0.264. The van der Waals surface area contributed by atoms with Gasteiger partial charge in [-0.1, -0.05) is 0 Å². The second kappa shape index (κ2) is 8.47. The van der Waals surface area contributed by atoms with Crippen molar-refractivity contribution in [1.29, 1.82) is 0 Å². The fourth-order valence-corrected chi connectivity index (χ4v) is 2.06. The van der Waals surface area contributed by atoms with Gasteiger partial charge < -0.3 is 19.9 Å². The van der Waals surface area contributed by atoms with Gasteiger partial charge in [0.25, 0.3) is 5.91 Å². The van der Waals surface area contributed by atoms with Crippen molar-refractivity contribution in [3.63, 3.8) is 0 Å². The molecule has 9 nitrogen and oxygen atoms in total. The average molecular weight is 360 g/mol. The zero-order chi connectivity index (χ0) is 19.1. The molecule has 0 unspecified atom stereocenters. The number of nitro groups is 1. The number of carbonyl (C=O) groups excluding carboxylic acids is 1. The lowest BCUT2D eigenvalue weighted by atomic mass is 10.2. The summed E-state index contributed by atoms with van der Waals surface area (Å²) in [5, 5.41) is 22.5. The van der Waals surface area contributed by atoms with Gasteiger partial charge >= 0.3 is 11.7 Å². The monoisotopic (exact) mass is 360 g/mol. The molecule has 2 rings (SSSR count). The SMILES string of the molecule is CCOc1ccc(NC(=O)COc2ccc(C(=O)O)cc2[N+](=O)[O-])cc1. The van der Waals surface area contributed by atoms with Crippen LogP contribution in [-0.2, 0) is 4.79 Å². The number of carboxylic acid groups (broad SMARTS) is 1. The van der Waals surface area contributed by atoms with Crippen LogP contribution in [0.2, 0.25) is 0 Å². The molecule has 26 heavy (non-hydrogen) atoms. The number of amides is 1. The van der Waals surface area contributed by atoms with E-state index in [9.17, 15) is 19.7 Å². The Morgan fingerprint density at radius 2 is 1.85 bits per heavy atom. The third kappa shape index (κ3) is 4.94. The molecule has 136 valence electrons. The van der Waals surface area contributed by atoms with Gasteiger partial charge in [0.2, 0.25) is 0 Å². The Labute approximate surface area is 148 Å². The van der Waals surface area contributed by atoms with E-state index in [-0.39, 0.29) is 11.3 Å². The van der Waals surface area contributed by atoms with Crippen molar-refractivity contribution in [3.05, 3.63) is 58.1 Å². The number of carbonyl (C=O) groups is 2. The van der Waals surface area contributed by atoms with Gasteiger partial charge in [0.1, 0.15) is 5.75 Å². The van der Waals surface area contributed by atoms with Crippen LogP contribution in [0.15, 0.2) is 42.5 Å².